The zero-order valence-corrected chi connectivity index (χ0v) is 16.0. The Labute approximate surface area is 175 Å². The zero-order valence-electron chi connectivity index (χ0n) is 16.0. The van der Waals surface area contributed by atoms with Gasteiger partial charge in [0.05, 0.1) is 12.2 Å². The van der Waals surface area contributed by atoms with Crippen molar-refractivity contribution in [3.8, 4) is 23.0 Å². The van der Waals surface area contributed by atoms with Gasteiger partial charge in [0.25, 0.3) is 0 Å². The number of hydrogen-bond acceptors (Lipinski definition) is 10. The molecule has 2 aliphatic heterocycles. The van der Waals surface area contributed by atoms with E-state index in [0.717, 1.165) is 0 Å². The van der Waals surface area contributed by atoms with Crippen LogP contribution in [0.5, 0.6) is 23.0 Å². The van der Waals surface area contributed by atoms with Crippen LogP contribution in [0.1, 0.15) is 15.9 Å². The Morgan fingerprint density at radius 2 is 1.74 bits per heavy atom. The quantitative estimate of drug-likeness (QED) is 0.283. The molecule has 0 spiro atoms. The molecule has 0 aliphatic carbocycles. The van der Waals surface area contributed by atoms with Gasteiger partial charge in [-0.3, -0.25) is 4.79 Å². The molecule has 6 N–H and O–H groups in total. The predicted octanol–water partition coefficient (Wildman–Crippen LogP) is -0.107. The van der Waals surface area contributed by atoms with Gasteiger partial charge in [0.1, 0.15) is 35.9 Å². The van der Waals surface area contributed by atoms with E-state index in [1.165, 1.54) is 42.5 Å². The number of rotatable bonds is 4. The maximum absolute atomic E-state index is 12.6. The Balaban J connectivity index is 1.53. The number of carbonyl (C=O) groups excluding carboxylic acids is 1. The number of allylic oxidation sites excluding steroid dienone is 1. The molecule has 0 aromatic heterocycles. The van der Waals surface area contributed by atoms with Crippen LogP contribution >= 0.6 is 0 Å². The van der Waals surface area contributed by atoms with Crippen LogP contribution in [0.3, 0.4) is 0 Å². The van der Waals surface area contributed by atoms with E-state index >= 15 is 0 Å². The largest absolute Gasteiger partial charge is 0.504 e. The molecule has 10 nitrogen and oxygen atoms in total. The summed E-state index contributed by atoms with van der Waals surface area (Å²) in [6.45, 7) is -0.590. The molecule has 1 saturated heterocycles. The van der Waals surface area contributed by atoms with Crippen LogP contribution < -0.4 is 9.47 Å². The lowest BCUT2D eigenvalue weighted by Gasteiger charge is -2.39. The first-order valence-electron chi connectivity index (χ1n) is 9.36. The van der Waals surface area contributed by atoms with E-state index in [9.17, 15) is 35.4 Å². The number of hydrogen-bond donors (Lipinski definition) is 6. The first-order valence-corrected chi connectivity index (χ1v) is 9.36. The smallest absolute Gasteiger partial charge is 0.231 e. The number of benzene rings is 2. The molecule has 0 bridgehead atoms. The average molecular weight is 432 g/mol. The fourth-order valence-electron chi connectivity index (χ4n) is 3.32. The minimum Gasteiger partial charge on any atom is -0.504 e. The molecule has 2 heterocycles. The lowest BCUT2D eigenvalue weighted by atomic mass is 9.99. The number of phenolic OH excluding ortho intramolecular Hbond substituents is 2. The maximum atomic E-state index is 12.6. The van der Waals surface area contributed by atoms with Crippen molar-refractivity contribution in [3.63, 3.8) is 0 Å². The van der Waals surface area contributed by atoms with Gasteiger partial charge in [-0.1, -0.05) is 6.07 Å². The highest BCUT2D eigenvalue weighted by atomic mass is 16.7. The number of aromatic hydroxyl groups is 2. The highest BCUT2D eigenvalue weighted by Gasteiger charge is 2.44. The first kappa shape index (κ1) is 21.1. The molecule has 164 valence electrons. The molecule has 31 heavy (non-hydrogen) atoms. The summed E-state index contributed by atoms with van der Waals surface area (Å²) in [5.74, 6) is -0.709. The fourth-order valence-corrected chi connectivity index (χ4v) is 3.32. The van der Waals surface area contributed by atoms with Crippen molar-refractivity contribution >= 4 is 11.9 Å². The van der Waals surface area contributed by atoms with Crippen LogP contribution in [0.4, 0.5) is 0 Å². The summed E-state index contributed by atoms with van der Waals surface area (Å²) in [5, 5.41) is 58.0. The van der Waals surface area contributed by atoms with Crippen LogP contribution in [-0.4, -0.2) is 73.7 Å². The van der Waals surface area contributed by atoms with Gasteiger partial charge in [-0.05, 0) is 35.9 Å². The van der Waals surface area contributed by atoms with Crippen molar-refractivity contribution in [2.45, 2.75) is 30.7 Å². The molecular weight excluding hydrogens is 412 g/mol. The number of carbonyl (C=O) groups is 1. The monoisotopic (exact) mass is 432 g/mol. The number of aliphatic hydroxyl groups excluding tert-OH is 4. The molecule has 0 radical (unpaired) electrons. The number of phenols is 2. The van der Waals surface area contributed by atoms with E-state index in [2.05, 4.69) is 0 Å². The number of ether oxygens (including phenoxy) is 3. The van der Waals surface area contributed by atoms with Crippen molar-refractivity contribution in [2.75, 3.05) is 6.61 Å². The number of fused-ring (bicyclic) bond motifs is 1. The van der Waals surface area contributed by atoms with Crippen LogP contribution in [0.15, 0.2) is 42.2 Å². The summed E-state index contributed by atoms with van der Waals surface area (Å²) in [5.41, 5.74) is 0.694. The molecule has 4 rings (SSSR count). The summed E-state index contributed by atoms with van der Waals surface area (Å²) in [6.07, 6.45) is -5.76. The molecule has 2 aromatic carbocycles. The molecule has 0 amide bonds. The van der Waals surface area contributed by atoms with E-state index in [-0.39, 0.29) is 34.3 Å². The minimum absolute atomic E-state index is 0.00919. The predicted molar refractivity (Wildman–Crippen MR) is 104 cm³/mol. The van der Waals surface area contributed by atoms with Crippen molar-refractivity contribution in [2.24, 2.45) is 0 Å². The van der Waals surface area contributed by atoms with E-state index in [4.69, 9.17) is 14.2 Å². The zero-order chi connectivity index (χ0) is 22.3. The van der Waals surface area contributed by atoms with Crippen molar-refractivity contribution in [1.82, 2.24) is 0 Å². The Bertz CT molecular complexity index is 1030. The Morgan fingerprint density at radius 3 is 2.45 bits per heavy atom. The molecule has 2 aliphatic rings. The highest BCUT2D eigenvalue weighted by molar-refractivity contribution is 6.14. The van der Waals surface area contributed by atoms with Gasteiger partial charge in [-0.2, -0.15) is 0 Å². The summed E-state index contributed by atoms with van der Waals surface area (Å²) < 4.78 is 16.4. The number of ketones is 1. The molecule has 5 atom stereocenters. The average Bonchev–Trinajstić information content (AvgIpc) is 3.05. The van der Waals surface area contributed by atoms with E-state index in [0.29, 0.717) is 5.56 Å². The molecular formula is C21H20O10. The van der Waals surface area contributed by atoms with Gasteiger partial charge < -0.3 is 44.8 Å². The Morgan fingerprint density at radius 1 is 0.968 bits per heavy atom. The second kappa shape index (κ2) is 8.17. The Hall–Kier alpha value is -3.15. The SMILES string of the molecule is O=C1C(=Cc2ccc(O)c(O)c2)Oc2cc(O[C@H]3O[C@H](CO)[C@@H](O)[C@H](O)[C@H]3O)ccc21. The fraction of sp³-hybridized carbons (Fsp3) is 0.286. The number of Topliss-reactive ketones (excluding diaryl/α,β-unsaturated/α-hetero) is 1. The normalized spacial score (nSPS) is 29.0. The topological polar surface area (TPSA) is 166 Å². The summed E-state index contributed by atoms with van der Waals surface area (Å²) in [7, 11) is 0. The van der Waals surface area contributed by atoms with Gasteiger partial charge in [-0.15, -0.1) is 0 Å². The lowest BCUT2D eigenvalue weighted by Crippen LogP contribution is -2.60. The van der Waals surface area contributed by atoms with Crippen LogP contribution in [0.2, 0.25) is 0 Å². The van der Waals surface area contributed by atoms with Crippen LogP contribution in [0.25, 0.3) is 6.08 Å². The molecule has 0 unspecified atom stereocenters. The highest BCUT2D eigenvalue weighted by Crippen LogP contribution is 2.36. The number of aliphatic hydroxyl groups is 4. The van der Waals surface area contributed by atoms with Crippen LogP contribution in [0, 0.1) is 0 Å². The second-order valence-corrected chi connectivity index (χ2v) is 7.16. The third-order valence-electron chi connectivity index (χ3n) is 5.04. The summed E-state index contributed by atoms with van der Waals surface area (Å²) in [4.78, 5) is 12.6. The van der Waals surface area contributed by atoms with Crippen molar-refractivity contribution in [1.29, 1.82) is 0 Å². The maximum Gasteiger partial charge on any atom is 0.231 e. The van der Waals surface area contributed by atoms with Gasteiger partial charge >= 0.3 is 0 Å². The van der Waals surface area contributed by atoms with Gasteiger partial charge in [0.15, 0.2) is 17.3 Å². The van der Waals surface area contributed by atoms with Gasteiger partial charge in [0, 0.05) is 6.07 Å². The molecule has 2 aromatic rings. The van der Waals surface area contributed by atoms with Gasteiger partial charge in [0.2, 0.25) is 12.1 Å². The molecule has 10 heteroatoms. The molecule has 1 fully saturated rings. The van der Waals surface area contributed by atoms with E-state index in [1.54, 1.807) is 0 Å². The van der Waals surface area contributed by atoms with Crippen molar-refractivity contribution in [3.05, 3.63) is 53.3 Å². The third-order valence-corrected chi connectivity index (χ3v) is 5.04. The standard InChI is InChI=1S/C21H20O10/c22-8-16-18(26)19(27)20(28)21(31-16)29-10-2-3-11-14(7-10)30-15(17(11)25)6-9-1-4-12(23)13(24)5-9/h1-7,16,18-24,26-28H,8H2/t16-,18-,19+,20-,21+/m1/s1. The van der Waals surface area contributed by atoms with Gasteiger partial charge in [-0.25, -0.2) is 0 Å². The molecule has 0 saturated carbocycles. The van der Waals surface area contributed by atoms with Crippen molar-refractivity contribution < 1.29 is 49.6 Å². The van der Waals surface area contributed by atoms with E-state index < -0.39 is 43.1 Å². The lowest BCUT2D eigenvalue weighted by molar-refractivity contribution is -0.277. The summed E-state index contributed by atoms with van der Waals surface area (Å²) >= 11 is 0. The van der Waals surface area contributed by atoms with E-state index in [1.807, 2.05) is 0 Å². The third kappa shape index (κ3) is 3.94. The summed E-state index contributed by atoms with van der Waals surface area (Å²) in [6, 6.07) is 8.33. The second-order valence-electron chi connectivity index (χ2n) is 7.16. The first-order chi connectivity index (χ1) is 14.8. The minimum atomic E-state index is -1.58. The van der Waals surface area contributed by atoms with Crippen LogP contribution in [-0.2, 0) is 4.74 Å². The Kier molecular flexibility index (Phi) is 5.56.